The van der Waals surface area contributed by atoms with Gasteiger partial charge < -0.3 is 15.4 Å². The second-order valence-corrected chi connectivity index (χ2v) is 7.10. The molecular weight excluding hydrogens is 370 g/mol. The van der Waals surface area contributed by atoms with E-state index < -0.39 is 0 Å². The summed E-state index contributed by atoms with van der Waals surface area (Å²) < 4.78 is 9.24. The van der Waals surface area contributed by atoms with Crippen LogP contribution in [0.4, 0.5) is 5.69 Å². The maximum atomic E-state index is 12.9. The number of fused-ring (bicyclic) bond motifs is 2. The zero-order valence-corrected chi connectivity index (χ0v) is 16.0. The third kappa shape index (κ3) is 3.19. The van der Waals surface area contributed by atoms with Crippen LogP contribution in [0.2, 0.25) is 0 Å². The van der Waals surface area contributed by atoms with Gasteiger partial charge in [-0.3, -0.25) is 18.9 Å². The normalized spacial score (nSPS) is 15.1. The van der Waals surface area contributed by atoms with Gasteiger partial charge >= 0.3 is 0 Å². The van der Waals surface area contributed by atoms with Crippen molar-refractivity contribution in [1.29, 1.82) is 0 Å². The Hall–Kier alpha value is -3.46. The zero-order chi connectivity index (χ0) is 19.8. The Morgan fingerprint density at radius 2 is 2.14 bits per heavy atom. The van der Waals surface area contributed by atoms with Gasteiger partial charge in [0.05, 0.1) is 36.7 Å². The molecule has 0 bridgehead atoms. The van der Waals surface area contributed by atoms with Gasteiger partial charge in [0.25, 0.3) is 5.91 Å². The van der Waals surface area contributed by atoms with Crippen LogP contribution in [0.1, 0.15) is 29.4 Å². The summed E-state index contributed by atoms with van der Waals surface area (Å²) in [5, 5.41) is 12.0. The minimum absolute atomic E-state index is 0.271. The number of carbonyl (C=O) groups is 1. The highest BCUT2D eigenvalue weighted by atomic mass is 16.5. The average molecular weight is 391 g/mol. The van der Waals surface area contributed by atoms with Gasteiger partial charge in [-0.15, -0.1) is 0 Å². The molecule has 0 atom stereocenters. The number of anilines is 1. The lowest BCUT2D eigenvalue weighted by Gasteiger charge is -2.22. The molecule has 0 saturated carbocycles. The van der Waals surface area contributed by atoms with Gasteiger partial charge in [0.2, 0.25) is 0 Å². The Kier molecular flexibility index (Phi) is 4.36. The minimum atomic E-state index is -0.271. The molecule has 9 heteroatoms. The number of nitrogens with one attached hydrogen (secondary N) is 2. The molecule has 1 aliphatic rings. The van der Waals surface area contributed by atoms with Crippen molar-refractivity contribution in [2.24, 2.45) is 0 Å². The number of aromatic nitrogens is 5. The fraction of sp³-hybridized carbons (Fsp3) is 0.300. The molecule has 2 N–H and O–H groups in total. The van der Waals surface area contributed by atoms with Gasteiger partial charge in [-0.2, -0.15) is 5.10 Å². The van der Waals surface area contributed by atoms with E-state index in [4.69, 9.17) is 9.84 Å². The van der Waals surface area contributed by atoms with Crippen molar-refractivity contribution >= 4 is 28.1 Å². The van der Waals surface area contributed by atoms with Gasteiger partial charge in [-0.25, -0.2) is 4.98 Å². The molecule has 1 amide bonds. The quantitative estimate of drug-likeness (QED) is 0.554. The number of hydrogen-bond acceptors (Lipinski definition) is 6. The van der Waals surface area contributed by atoms with Crippen LogP contribution in [0.5, 0.6) is 5.75 Å². The topological polar surface area (TPSA) is 98.4 Å². The molecule has 1 aliphatic heterocycles. The largest absolute Gasteiger partial charge is 0.494 e. The van der Waals surface area contributed by atoms with Crippen LogP contribution in [-0.2, 0) is 0 Å². The number of ether oxygens (including phenoxy) is 1. The number of rotatable bonds is 4. The van der Waals surface area contributed by atoms with E-state index in [2.05, 4.69) is 20.6 Å². The summed E-state index contributed by atoms with van der Waals surface area (Å²) in [4.78, 5) is 21.1. The lowest BCUT2D eigenvalue weighted by atomic mass is 10.1. The summed E-state index contributed by atoms with van der Waals surface area (Å²) in [7, 11) is 1.58. The SMILES string of the molecule is COc1cc2nn(C3CCNCC3)cc2cc1NC(=O)c1cnc2cnccn12. The predicted molar refractivity (Wildman–Crippen MR) is 108 cm³/mol. The molecule has 5 rings (SSSR count). The van der Waals surface area contributed by atoms with Crippen LogP contribution in [0.3, 0.4) is 0 Å². The van der Waals surface area contributed by atoms with Crippen molar-refractivity contribution in [3.63, 3.8) is 0 Å². The molecule has 3 aromatic heterocycles. The van der Waals surface area contributed by atoms with Crippen molar-refractivity contribution in [3.8, 4) is 5.75 Å². The summed E-state index contributed by atoms with van der Waals surface area (Å²) >= 11 is 0. The molecule has 148 valence electrons. The summed E-state index contributed by atoms with van der Waals surface area (Å²) in [5.74, 6) is 0.295. The molecular formula is C20H21N7O2. The van der Waals surface area contributed by atoms with E-state index in [1.807, 2.05) is 23.0 Å². The average Bonchev–Trinajstić information content (AvgIpc) is 3.37. The van der Waals surface area contributed by atoms with Crippen LogP contribution in [0.25, 0.3) is 16.6 Å². The molecule has 4 heterocycles. The lowest BCUT2D eigenvalue weighted by Crippen LogP contribution is -2.29. The van der Waals surface area contributed by atoms with Crippen molar-refractivity contribution in [2.45, 2.75) is 18.9 Å². The molecule has 9 nitrogen and oxygen atoms in total. The third-order valence-corrected chi connectivity index (χ3v) is 5.32. The second-order valence-electron chi connectivity index (χ2n) is 7.10. The maximum Gasteiger partial charge on any atom is 0.274 e. The first-order valence-electron chi connectivity index (χ1n) is 9.59. The number of carbonyl (C=O) groups excluding carboxylic acids is 1. The highest BCUT2D eigenvalue weighted by Crippen LogP contribution is 2.31. The first-order valence-corrected chi connectivity index (χ1v) is 9.59. The summed E-state index contributed by atoms with van der Waals surface area (Å²) in [6, 6.07) is 4.15. The molecule has 29 heavy (non-hydrogen) atoms. The fourth-order valence-electron chi connectivity index (χ4n) is 3.79. The highest BCUT2D eigenvalue weighted by Gasteiger charge is 2.19. The Bertz CT molecular complexity index is 1190. The van der Waals surface area contributed by atoms with Crippen molar-refractivity contribution in [1.82, 2.24) is 29.5 Å². The highest BCUT2D eigenvalue weighted by molar-refractivity contribution is 6.05. The first-order chi connectivity index (χ1) is 14.2. The number of methoxy groups -OCH3 is 1. The van der Waals surface area contributed by atoms with E-state index in [-0.39, 0.29) is 5.91 Å². The number of nitrogens with zero attached hydrogens (tertiary/aromatic N) is 5. The first kappa shape index (κ1) is 17.6. The Balaban J connectivity index is 1.47. The number of imidazole rings is 1. The van der Waals surface area contributed by atoms with Gasteiger partial charge in [-0.05, 0) is 32.0 Å². The zero-order valence-electron chi connectivity index (χ0n) is 16.0. The van der Waals surface area contributed by atoms with Crippen LogP contribution in [0, 0.1) is 0 Å². The number of benzene rings is 1. The van der Waals surface area contributed by atoms with E-state index in [1.54, 1.807) is 30.1 Å². The Morgan fingerprint density at radius 3 is 2.97 bits per heavy atom. The predicted octanol–water partition coefficient (Wildman–Crippen LogP) is 2.26. The van der Waals surface area contributed by atoms with E-state index in [0.717, 1.165) is 36.8 Å². The van der Waals surface area contributed by atoms with Gasteiger partial charge in [-0.1, -0.05) is 0 Å². The van der Waals surface area contributed by atoms with E-state index >= 15 is 0 Å². The van der Waals surface area contributed by atoms with Crippen molar-refractivity contribution < 1.29 is 9.53 Å². The molecule has 1 fully saturated rings. The second kappa shape index (κ2) is 7.17. The van der Waals surface area contributed by atoms with Gasteiger partial charge in [0.1, 0.15) is 11.4 Å². The lowest BCUT2D eigenvalue weighted by molar-refractivity contribution is 0.102. The Morgan fingerprint density at radius 1 is 1.28 bits per heavy atom. The van der Waals surface area contributed by atoms with Crippen LogP contribution >= 0.6 is 0 Å². The van der Waals surface area contributed by atoms with E-state index in [9.17, 15) is 4.79 Å². The molecule has 0 aliphatic carbocycles. The standard InChI is InChI=1S/C20H21N7O2/c1-29-18-9-15-13(12-27(25-15)14-2-4-21-5-3-14)8-16(18)24-20(28)17-10-23-19-11-22-6-7-26(17)19/h6-12,14,21H,2-5H2,1H3,(H,24,28). The fourth-order valence-corrected chi connectivity index (χ4v) is 3.79. The van der Waals surface area contributed by atoms with E-state index in [0.29, 0.717) is 28.8 Å². The van der Waals surface area contributed by atoms with Gasteiger partial charge in [0, 0.05) is 30.0 Å². The molecule has 1 saturated heterocycles. The number of amides is 1. The molecule has 1 aromatic carbocycles. The smallest absolute Gasteiger partial charge is 0.274 e. The molecule has 4 aromatic rings. The monoisotopic (exact) mass is 391 g/mol. The minimum Gasteiger partial charge on any atom is -0.494 e. The number of piperidine rings is 1. The number of hydrogen-bond donors (Lipinski definition) is 2. The van der Waals surface area contributed by atoms with Crippen LogP contribution in [-0.4, -0.2) is 50.3 Å². The maximum absolute atomic E-state index is 12.9. The summed E-state index contributed by atoms with van der Waals surface area (Å²) in [6.07, 6.45) is 10.6. The van der Waals surface area contributed by atoms with Crippen molar-refractivity contribution in [2.75, 3.05) is 25.5 Å². The molecule has 0 radical (unpaired) electrons. The molecule has 0 unspecified atom stereocenters. The third-order valence-electron chi connectivity index (χ3n) is 5.32. The van der Waals surface area contributed by atoms with Crippen LogP contribution < -0.4 is 15.4 Å². The van der Waals surface area contributed by atoms with Crippen LogP contribution in [0.15, 0.2) is 43.1 Å². The Labute approximate surface area is 166 Å². The summed E-state index contributed by atoms with van der Waals surface area (Å²) in [6.45, 7) is 2.00. The summed E-state index contributed by atoms with van der Waals surface area (Å²) in [5.41, 5.74) is 2.48. The van der Waals surface area contributed by atoms with Crippen molar-refractivity contribution in [3.05, 3.63) is 48.8 Å². The van der Waals surface area contributed by atoms with Gasteiger partial charge in [0.15, 0.2) is 5.65 Å². The van der Waals surface area contributed by atoms with E-state index in [1.165, 1.54) is 6.20 Å². The molecule has 0 spiro atoms.